The first-order valence-corrected chi connectivity index (χ1v) is 9.06. The van der Waals surface area contributed by atoms with E-state index in [1.165, 1.54) is 50.9 Å². The summed E-state index contributed by atoms with van der Waals surface area (Å²) in [6.07, 6.45) is 6.57. The summed E-state index contributed by atoms with van der Waals surface area (Å²) in [5.41, 5.74) is 7.91. The predicted molar refractivity (Wildman–Crippen MR) is 101 cm³/mol. The molecule has 0 amide bonds. The Balaban J connectivity index is 0.000000537. The fraction of sp³-hybridized carbons (Fsp3) is 0.700. The molecule has 2 nitrogen and oxygen atoms in total. The van der Waals surface area contributed by atoms with Crippen molar-refractivity contribution in [2.75, 3.05) is 25.4 Å². The predicted octanol–water partition coefficient (Wildman–Crippen LogP) is 5.38. The normalized spacial score (nSPS) is 14.6. The fourth-order valence-corrected chi connectivity index (χ4v) is 2.15. The summed E-state index contributed by atoms with van der Waals surface area (Å²) >= 11 is 0. The van der Waals surface area contributed by atoms with E-state index in [-0.39, 0.29) is 0 Å². The third-order valence-corrected chi connectivity index (χ3v) is 3.15. The molecule has 1 heterocycles. The number of nitrogens with zero attached hydrogens (tertiary/aromatic N) is 1. The average molecular weight is 307 g/mol. The van der Waals surface area contributed by atoms with E-state index in [4.69, 9.17) is 5.73 Å². The molecule has 0 spiro atoms. The maximum Gasteiger partial charge on any atom is 0.0314 e. The Bertz CT molecular complexity index is 334. The van der Waals surface area contributed by atoms with Crippen molar-refractivity contribution in [3.8, 4) is 0 Å². The molecule has 128 valence electrons. The number of nitrogen functional groups attached to an aromatic ring is 1. The summed E-state index contributed by atoms with van der Waals surface area (Å²) in [6, 6.07) is 8.26. The van der Waals surface area contributed by atoms with Crippen molar-refractivity contribution in [3.63, 3.8) is 0 Å². The van der Waals surface area contributed by atoms with Gasteiger partial charge in [0.2, 0.25) is 0 Å². The van der Waals surface area contributed by atoms with Crippen LogP contribution in [0.1, 0.15) is 65.9 Å². The van der Waals surface area contributed by atoms with E-state index in [1.807, 2.05) is 12.1 Å². The van der Waals surface area contributed by atoms with Crippen molar-refractivity contribution >= 4 is 5.69 Å². The summed E-state index contributed by atoms with van der Waals surface area (Å²) in [4.78, 5) is 2.57. The smallest absolute Gasteiger partial charge is 0.0314 e. The van der Waals surface area contributed by atoms with Crippen LogP contribution in [-0.2, 0) is 6.42 Å². The SMILES string of the molecule is CC(C)C.CCC.Nc1ccc(CCN2CCCCC2)cc1. The number of likely N-dealkylation sites (tertiary alicyclic amines) is 1. The highest BCUT2D eigenvalue weighted by molar-refractivity contribution is 5.39. The fourth-order valence-electron chi connectivity index (χ4n) is 2.15. The first kappa shape index (κ1) is 21.0. The molecular weight excluding hydrogens is 268 g/mol. The number of benzene rings is 1. The highest BCUT2D eigenvalue weighted by Crippen LogP contribution is 2.11. The van der Waals surface area contributed by atoms with Crippen LogP contribution in [-0.4, -0.2) is 24.5 Å². The van der Waals surface area contributed by atoms with Crippen molar-refractivity contribution in [1.82, 2.24) is 4.90 Å². The zero-order chi connectivity index (χ0) is 16.8. The van der Waals surface area contributed by atoms with E-state index < -0.39 is 0 Å². The Labute approximate surface area is 139 Å². The molecule has 0 aromatic heterocycles. The molecule has 1 aromatic rings. The first-order chi connectivity index (χ1) is 10.5. The van der Waals surface area contributed by atoms with Gasteiger partial charge in [-0.15, -0.1) is 0 Å². The van der Waals surface area contributed by atoms with E-state index in [9.17, 15) is 0 Å². The van der Waals surface area contributed by atoms with Gasteiger partial charge < -0.3 is 10.6 Å². The van der Waals surface area contributed by atoms with Crippen molar-refractivity contribution in [2.45, 2.75) is 66.7 Å². The average Bonchev–Trinajstić information content (AvgIpc) is 2.48. The minimum absolute atomic E-state index is 0.833. The first-order valence-electron chi connectivity index (χ1n) is 9.06. The quantitative estimate of drug-likeness (QED) is 0.760. The molecule has 0 aliphatic carbocycles. The lowest BCUT2D eigenvalue weighted by atomic mass is 10.1. The topological polar surface area (TPSA) is 29.3 Å². The zero-order valence-corrected chi connectivity index (χ0v) is 15.6. The van der Waals surface area contributed by atoms with Gasteiger partial charge in [-0.1, -0.05) is 59.6 Å². The minimum atomic E-state index is 0.833. The second-order valence-electron chi connectivity index (χ2n) is 6.83. The molecule has 0 atom stereocenters. The van der Waals surface area contributed by atoms with Crippen molar-refractivity contribution in [3.05, 3.63) is 29.8 Å². The standard InChI is InChI=1S/C13H20N2.C4H10.C3H8/c14-13-6-4-12(5-7-13)8-11-15-9-2-1-3-10-15;1-4(2)3;1-3-2/h4-7H,1-3,8-11,14H2;4H,1-3H3;3H2,1-2H3. The second kappa shape index (κ2) is 13.6. The van der Waals surface area contributed by atoms with Gasteiger partial charge in [0, 0.05) is 12.2 Å². The number of rotatable bonds is 3. The van der Waals surface area contributed by atoms with Gasteiger partial charge in [-0.25, -0.2) is 0 Å². The Hall–Kier alpha value is -1.02. The molecule has 1 aromatic carbocycles. The number of hydrogen-bond donors (Lipinski definition) is 1. The maximum absolute atomic E-state index is 5.66. The Morgan fingerprint density at radius 3 is 1.86 bits per heavy atom. The third kappa shape index (κ3) is 12.7. The van der Waals surface area contributed by atoms with E-state index in [1.54, 1.807) is 0 Å². The van der Waals surface area contributed by atoms with Crippen LogP contribution in [0.2, 0.25) is 0 Å². The monoisotopic (exact) mass is 306 g/mol. The summed E-state index contributed by atoms with van der Waals surface area (Å²) < 4.78 is 0. The van der Waals surface area contributed by atoms with Gasteiger partial charge in [-0.05, 0) is 56.0 Å². The molecule has 0 radical (unpaired) electrons. The molecule has 1 fully saturated rings. The minimum Gasteiger partial charge on any atom is -0.399 e. The second-order valence-corrected chi connectivity index (χ2v) is 6.83. The van der Waals surface area contributed by atoms with Gasteiger partial charge in [0.25, 0.3) is 0 Å². The van der Waals surface area contributed by atoms with Crippen LogP contribution in [0.3, 0.4) is 0 Å². The molecule has 0 saturated carbocycles. The van der Waals surface area contributed by atoms with Crippen LogP contribution in [0.4, 0.5) is 5.69 Å². The summed E-state index contributed by atoms with van der Waals surface area (Å²) in [5, 5.41) is 0. The lowest BCUT2D eigenvalue weighted by Gasteiger charge is -2.26. The van der Waals surface area contributed by atoms with Crippen LogP contribution in [0.15, 0.2) is 24.3 Å². The van der Waals surface area contributed by atoms with E-state index >= 15 is 0 Å². The molecule has 1 saturated heterocycles. The van der Waals surface area contributed by atoms with Gasteiger partial charge in [-0.3, -0.25) is 0 Å². The van der Waals surface area contributed by atoms with Gasteiger partial charge in [0.05, 0.1) is 0 Å². The maximum atomic E-state index is 5.66. The molecule has 1 aliphatic rings. The van der Waals surface area contributed by atoms with Crippen LogP contribution in [0, 0.1) is 5.92 Å². The highest BCUT2D eigenvalue weighted by Gasteiger charge is 2.09. The lowest BCUT2D eigenvalue weighted by molar-refractivity contribution is 0.231. The van der Waals surface area contributed by atoms with Crippen LogP contribution in [0.25, 0.3) is 0 Å². The van der Waals surface area contributed by atoms with Crippen molar-refractivity contribution in [2.24, 2.45) is 5.92 Å². The molecule has 22 heavy (non-hydrogen) atoms. The van der Waals surface area contributed by atoms with Crippen LogP contribution < -0.4 is 5.73 Å². The molecular formula is C20H38N2. The number of nitrogens with two attached hydrogens (primary N) is 1. The molecule has 2 heteroatoms. The number of piperidine rings is 1. The van der Waals surface area contributed by atoms with Gasteiger partial charge in [0.1, 0.15) is 0 Å². The Kier molecular flexibility index (Phi) is 13.0. The largest absolute Gasteiger partial charge is 0.399 e. The van der Waals surface area contributed by atoms with Crippen LogP contribution >= 0.6 is 0 Å². The zero-order valence-electron chi connectivity index (χ0n) is 15.6. The summed E-state index contributed by atoms with van der Waals surface area (Å²) in [7, 11) is 0. The van der Waals surface area contributed by atoms with E-state index in [0.29, 0.717) is 0 Å². The van der Waals surface area contributed by atoms with Crippen molar-refractivity contribution < 1.29 is 0 Å². The molecule has 2 N–H and O–H groups in total. The van der Waals surface area contributed by atoms with Gasteiger partial charge in [-0.2, -0.15) is 0 Å². The molecule has 0 bridgehead atoms. The van der Waals surface area contributed by atoms with E-state index in [0.717, 1.165) is 18.0 Å². The molecule has 1 aliphatic heterocycles. The summed E-state index contributed by atoms with van der Waals surface area (Å²) in [6.45, 7) is 14.5. The highest BCUT2D eigenvalue weighted by atomic mass is 15.1. The number of anilines is 1. The van der Waals surface area contributed by atoms with Crippen molar-refractivity contribution in [1.29, 1.82) is 0 Å². The lowest BCUT2D eigenvalue weighted by Crippen LogP contribution is -2.31. The Morgan fingerprint density at radius 1 is 0.955 bits per heavy atom. The molecule has 0 unspecified atom stereocenters. The van der Waals surface area contributed by atoms with E-state index in [2.05, 4.69) is 51.7 Å². The van der Waals surface area contributed by atoms with Gasteiger partial charge in [0.15, 0.2) is 0 Å². The number of hydrogen-bond acceptors (Lipinski definition) is 2. The van der Waals surface area contributed by atoms with Gasteiger partial charge >= 0.3 is 0 Å². The Morgan fingerprint density at radius 2 is 1.41 bits per heavy atom. The summed E-state index contributed by atoms with van der Waals surface area (Å²) in [5.74, 6) is 0.833. The third-order valence-electron chi connectivity index (χ3n) is 3.15. The molecule has 2 rings (SSSR count). The van der Waals surface area contributed by atoms with Crippen LogP contribution in [0.5, 0.6) is 0 Å².